The SMILES string of the molecule is Cc1ccc(S(=O)(=O)N2CCCNCC2)c2ccncc12. The van der Waals surface area contributed by atoms with Gasteiger partial charge in [0.05, 0.1) is 4.90 Å². The molecule has 0 saturated carbocycles. The Balaban J connectivity index is 2.12. The highest BCUT2D eigenvalue weighted by atomic mass is 32.2. The van der Waals surface area contributed by atoms with E-state index in [9.17, 15) is 8.42 Å². The van der Waals surface area contributed by atoms with Gasteiger partial charge in [0.15, 0.2) is 0 Å². The number of hydrogen-bond donors (Lipinski definition) is 1. The molecule has 0 bridgehead atoms. The number of nitrogens with zero attached hydrogens (tertiary/aromatic N) is 2. The second-order valence-electron chi connectivity index (χ2n) is 5.31. The zero-order valence-corrected chi connectivity index (χ0v) is 12.9. The number of nitrogens with one attached hydrogen (secondary N) is 1. The Hall–Kier alpha value is -1.50. The van der Waals surface area contributed by atoms with Gasteiger partial charge in [0.25, 0.3) is 0 Å². The van der Waals surface area contributed by atoms with Gasteiger partial charge in [-0.15, -0.1) is 0 Å². The van der Waals surface area contributed by atoms with Crippen molar-refractivity contribution >= 4 is 20.8 Å². The van der Waals surface area contributed by atoms with Crippen LogP contribution in [0.4, 0.5) is 0 Å². The molecule has 3 rings (SSSR count). The molecule has 0 unspecified atom stereocenters. The third-order valence-electron chi connectivity index (χ3n) is 3.91. The molecule has 0 amide bonds. The van der Waals surface area contributed by atoms with Crippen molar-refractivity contribution in [3.05, 3.63) is 36.2 Å². The molecule has 0 aliphatic carbocycles. The molecule has 1 aromatic heterocycles. The summed E-state index contributed by atoms with van der Waals surface area (Å²) in [6.07, 6.45) is 4.21. The fourth-order valence-electron chi connectivity index (χ4n) is 2.73. The third kappa shape index (κ3) is 2.66. The van der Waals surface area contributed by atoms with Crippen molar-refractivity contribution in [2.75, 3.05) is 26.2 Å². The summed E-state index contributed by atoms with van der Waals surface area (Å²) in [6, 6.07) is 5.35. The van der Waals surface area contributed by atoms with Crippen molar-refractivity contribution in [1.29, 1.82) is 0 Å². The molecule has 1 N–H and O–H groups in total. The quantitative estimate of drug-likeness (QED) is 0.914. The second-order valence-corrected chi connectivity index (χ2v) is 7.22. The minimum absolute atomic E-state index is 0.382. The highest BCUT2D eigenvalue weighted by Crippen LogP contribution is 2.27. The van der Waals surface area contributed by atoms with E-state index in [1.807, 2.05) is 13.0 Å². The Bertz CT molecular complexity index is 751. The number of hydrogen-bond acceptors (Lipinski definition) is 4. The normalized spacial score (nSPS) is 17.8. The lowest BCUT2D eigenvalue weighted by Gasteiger charge is -2.21. The molecule has 1 fully saturated rings. The molecule has 0 radical (unpaired) electrons. The largest absolute Gasteiger partial charge is 0.315 e. The Morgan fingerprint density at radius 3 is 2.86 bits per heavy atom. The second kappa shape index (κ2) is 5.71. The van der Waals surface area contributed by atoms with E-state index in [2.05, 4.69) is 10.3 Å². The highest BCUT2D eigenvalue weighted by molar-refractivity contribution is 7.89. The molecule has 112 valence electrons. The monoisotopic (exact) mass is 305 g/mol. The van der Waals surface area contributed by atoms with Crippen LogP contribution >= 0.6 is 0 Å². The summed E-state index contributed by atoms with van der Waals surface area (Å²) in [5, 5.41) is 4.88. The van der Waals surface area contributed by atoms with Gasteiger partial charge < -0.3 is 5.32 Å². The first-order chi connectivity index (χ1) is 10.1. The first-order valence-electron chi connectivity index (χ1n) is 7.15. The zero-order valence-electron chi connectivity index (χ0n) is 12.0. The van der Waals surface area contributed by atoms with E-state index in [-0.39, 0.29) is 0 Å². The minimum Gasteiger partial charge on any atom is -0.315 e. The van der Waals surface area contributed by atoms with Crippen molar-refractivity contribution in [2.45, 2.75) is 18.2 Å². The maximum absolute atomic E-state index is 12.9. The molecule has 6 heteroatoms. The van der Waals surface area contributed by atoms with E-state index in [4.69, 9.17) is 0 Å². The molecule has 1 aliphatic rings. The molecule has 2 aromatic rings. The molecule has 1 aliphatic heterocycles. The molecule has 2 heterocycles. The Labute approximate surface area is 125 Å². The van der Waals surface area contributed by atoms with Gasteiger partial charge in [-0.25, -0.2) is 8.42 Å². The predicted molar refractivity (Wildman–Crippen MR) is 82.7 cm³/mol. The smallest absolute Gasteiger partial charge is 0.243 e. The van der Waals surface area contributed by atoms with Crippen molar-refractivity contribution in [2.24, 2.45) is 0 Å². The molecule has 0 atom stereocenters. The third-order valence-corrected chi connectivity index (χ3v) is 5.87. The Morgan fingerprint density at radius 2 is 2.00 bits per heavy atom. The van der Waals surface area contributed by atoms with E-state index < -0.39 is 10.0 Å². The van der Waals surface area contributed by atoms with Crippen LogP contribution in [0.3, 0.4) is 0 Å². The summed E-state index contributed by atoms with van der Waals surface area (Å²) in [5.41, 5.74) is 1.04. The van der Waals surface area contributed by atoms with Gasteiger partial charge in [-0.2, -0.15) is 4.31 Å². The standard InChI is InChI=1S/C15H19N3O2S/c1-12-3-4-15(13-5-7-17-11-14(12)13)21(19,20)18-9-2-6-16-8-10-18/h3-5,7,11,16H,2,6,8-10H2,1H3. The molecular weight excluding hydrogens is 286 g/mol. The van der Waals surface area contributed by atoms with Gasteiger partial charge >= 0.3 is 0 Å². The highest BCUT2D eigenvalue weighted by Gasteiger charge is 2.26. The van der Waals surface area contributed by atoms with E-state index >= 15 is 0 Å². The van der Waals surface area contributed by atoms with Crippen LogP contribution in [0.15, 0.2) is 35.5 Å². The van der Waals surface area contributed by atoms with Gasteiger partial charge in [0.1, 0.15) is 0 Å². The van der Waals surface area contributed by atoms with Gasteiger partial charge in [-0.3, -0.25) is 4.98 Å². The van der Waals surface area contributed by atoms with E-state index in [1.165, 1.54) is 0 Å². The first-order valence-corrected chi connectivity index (χ1v) is 8.59. The number of rotatable bonds is 2. The Morgan fingerprint density at radius 1 is 1.14 bits per heavy atom. The predicted octanol–water partition coefficient (Wildman–Crippen LogP) is 1.53. The zero-order chi connectivity index (χ0) is 14.9. The van der Waals surface area contributed by atoms with Crippen LogP contribution in [0.1, 0.15) is 12.0 Å². The lowest BCUT2D eigenvalue weighted by atomic mass is 10.1. The van der Waals surface area contributed by atoms with Crippen LogP contribution in [0.5, 0.6) is 0 Å². The Kier molecular flexibility index (Phi) is 3.93. The van der Waals surface area contributed by atoms with Crippen LogP contribution in [-0.2, 0) is 10.0 Å². The molecule has 5 nitrogen and oxygen atoms in total. The summed E-state index contributed by atoms with van der Waals surface area (Å²) >= 11 is 0. The summed E-state index contributed by atoms with van der Waals surface area (Å²) in [5.74, 6) is 0. The number of aryl methyl sites for hydroxylation is 1. The fraction of sp³-hybridized carbons (Fsp3) is 0.400. The van der Waals surface area contributed by atoms with Crippen LogP contribution < -0.4 is 5.32 Å². The molecule has 21 heavy (non-hydrogen) atoms. The number of pyridine rings is 1. The summed E-state index contributed by atoms with van der Waals surface area (Å²) < 4.78 is 27.5. The van der Waals surface area contributed by atoms with Crippen LogP contribution in [-0.4, -0.2) is 43.9 Å². The maximum Gasteiger partial charge on any atom is 0.243 e. The molecular formula is C15H19N3O2S. The van der Waals surface area contributed by atoms with E-state index in [1.54, 1.807) is 28.8 Å². The average molecular weight is 305 g/mol. The van der Waals surface area contributed by atoms with Crippen molar-refractivity contribution in [3.8, 4) is 0 Å². The fourth-order valence-corrected chi connectivity index (χ4v) is 4.40. The lowest BCUT2D eigenvalue weighted by molar-refractivity contribution is 0.432. The van der Waals surface area contributed by atoms with E-state index in [0.717, 1.165) is 29.3 Å². The topological polar surface area (TPSA) is 62.3 Å². The first kappa shape index (κ1) is 14.4. The lowest BCUT2D eigenvalue weighted by Crippen LogP contribution is -2.34. The van der Waals surface area contributed by atoms with Crippen LogP contribution in [0.25, 0.3) is 10.8 Å². The summed E-state index contributed by atoms with van der Waals surface area (Å²) in [4.78, 5) is 4.49. The average Bonchev–Trinajstić information content (AvgIpc) is 2.77. The van der Waals surface area contributed by atoms with Crippen molar-refractivity contribution in [1.82, 2.24) is 14.6 Å². The number of sulfonamides is 1. The van der Waals surface area contributed by atoms with Crippen LogP contribution in [0.2, 0.25) is 0 Å². The minimum atomic E-state index is -3.46. The summed E-state index contributed by atoms with van der Waals surface area (Å²) in [6.45, 7) is 4.62. The van der Waals surface area contributed by atoms with Gasteiger partial charge in [-0.1, -0.05) is 6.07 Å². The molecule has 1 aromatic carbocycles. The van der Waals surface area contributed by atoms with Crippen molar-refractivity contribution in [3.63, 3.8) is 0 Å². The number of fused-ring (bicyclic) bond motifs is 1. The van der Waals surface area contributed by atoms with Crippen molar-refractivity contribution < 1.29 is 8.42 Å². The van der Waals surface area contributed by atoms with Gasteiger partial charge in [-0.05, 0) is 37.6 Å². The molecule has 0 spiro atoms. The van der Waals surface area contributed by atoms with Gasteiger partial charge in [0, 0.05) is 42.8 Å². The summed E-state index contributed by atoms with van der Waals surface area (Å²) in [7, 11) is -3.46. The number of benzene rings is 1. The maximum atomic E-state index is 12.9. The van der Waals surface area contributed by atoms with Gasteiger partial charge in [0.2, 0.25) is 10.0 Å². The molecule has 1 saturated heterocycles. The van der Waals surface area contributed by atoms with E-state index in [0.29, 0.717) is 24.5 Å². The number of aromatic nitrogens is 1. The van der Waals surface area contributed by atoms with Crippen LogP contribution in [0, 0.1) is 6.92 Å².